The molecule has 2 N–H and O–H groups in total. The van der Waals surface area contributed by atoms with Crippen molar-refractivity contribution in [3.05, 3.63) is 34.3 Å². The fourth-order valence-corrected chi connectivity index (χ4v) is 3.71. The van der Waals surface area contributed by atoms with Gasteiger partial charge in [0.25, 0.3) is 0 Å². The van der Waals surface area contributed by atoms with Crippen LogP contribution in [0, 0.1) is 5.92 Å². The summed E-state index contributed by atoms with van der Waals surface area (Å²) in [6.45, 7) is 2.20. The van der Waals surface area contributed by atoms with Crippen molar-refractivity contribution in [2.75, 3.05) is 0 Å². The van der Waals surface area contributed by atoms with Crippen molar-refractivity contribution >= 4 is 15.9 Å². The van der Waals surface area contributed by atoms with Crippen molar-refractivity contribution in [3.63, 3.8) is 0 Å². The van der Waals surface area contributed by atoms with E-state index >= 15 is 0 Å². The molecule has 1 saturated carbocycles. The number of nitrogens with two attached hydrogens (primary N) is 1. The average Bonchev–Trinajstić information content (AvgIpc) is 2.58. The van der Waals surface area contributed by atoms with Gasteiger partial charge in [0.1, 0.15) is 0 Å². The van der Waals surface area contributed by atoms with E-state index in [1.54, 1.807) is 0 Å². The molecular weight excluding hydrogens is 274 g/mol. The average molecular weight is 296 g/mol. The normalized spacial score (nSPS) is 21.8. The van der Waals surface area contributed by atoms with Crippen LogP contribution in [0.5, 0.6) is 0 Å². The summed E-state index contributed by atoms with van der Waals surface area (Å²) in [7, 11) is 0. The number of benzene rings is 1. The molecule has 1 aliphatic carbocycles. The molecule has 0 aromatic heterocycles. The summed E-state index contributed by atoms with van der Waals surface area (Å²) in [5.41, 5.74) is 7.71. The van der Waals surface area contributed by atoms with E-state index in [0.717, 1.165) is 4.47 Å². The second-order valence-electron chi connectivity index (χ2n) is 5.45. The zero-order valence-electron chi connectivity index (χ0n) is 10.6. The fraction of sp³-hybridized carbons (Fsp3) is 0.600. The minimum absolute atomic E-state index is 0.204. The molecule has 17 heavy (non-hydrogen) atoms. The molecule has 94 valence electrons. The maximum absolute atomic E-state index is 6.65. The van der Waals surface area contributed by atoms with E-state index in [4.69, 9.17) is 5.73 Å². The van der Waals surface area contributed by atoms with Crippen LogP contribution in [-0.2, 0) is 5.54 Å². The van der Waals surface area contributed by atoms with Crippen LogP contribution in [0.25, 0.3) is 0 Å². The summed E-state index contributed by atoms with van der Waals surface area (Å²) in [6.07, 6.45) is 7.97. The molecule has 0 amide bonds. The zero-order valence-corrected chi connectivity index (χ0v) is 12.2. The van der Waals surface area contributed by atoms with Crippen LogP contribution in [0.1, 0.15) is 51.0 Å². The second-order valence-corrected chi connectivity index (χ2v) is 6.31. The Kier molecular flexibility index (Phi) is 4.26. The van der Waals surface area contributed by atoms with Gasteiger partial charge in [0.15, 0.2) is 0 Å². The van der Waals surface area contributed by atoms with Crippen LogP contribution in [0.2, 0.25) is 0 Å². The lowest BCUT2D eigenvalue weighted by atomic mass is 9.76. The van der Waals surface area contributed by atoms with Crippen molar-refractivity contribution in [1.82, 2.24) is 0 Å². The quantitative estimate of drug-likeness (QED) is 0.793. The van der Waals surface area contributed by atoms with Gasteiger partial charge in [-0.1, -0.05) is 59.8 Å². The van der Waals surface area contributed by atoms with E-state index in [9.17, 15) is 0 Å². The first-order valence-electron chi connectivity index (χ1n) is 6.66. The third-order valence-corrected chi connectivity index (χ3v) is 4.85. The predicted octanol–water partition coefficient (Wildman–Crippen LogP) is 4.59. The Bertz CT molecular complexity index is 365. The SMILES string of the molecule is CC(N)(c1ccccc1Br)C1CCCCCC1. The Morgan fingerprint density at radius 2 is 1.71 bits per heavy atom. The van der Waals surface area contributed by atoms with Crippen LogP contribution in [0.3, 0.4) is 0 Å². The predicted molar refractivity (Wildman–Crippen MR) is 76.9 cm³/mol. The molecular formula is C15H22BrN. The van der Waals surface area contributed by atoms with Crippen LogP contribution in [-0.4, -0.2) is 0 Å². The minimum atomic E-state index is -0.204. The molecule has 0 saturated heterocycles. The second kappa shape index (κ2) is 5.53. The van der Waals surface area contributed by atoms with Gasteiger partial charge in [-0.05, 0) is 37.3 Å². The number of halogens is 1. The highest BCUT2D eigenvalue weighted by molar-refractivity contribution is 9.10. The third kappa shape index (κ3) is 2.92. The van der Waals surface area contributed by atoms with Crippen LogP contribution in [0.15, 0.2) is 28.7 Å². The lowest BCUT2D eigenvalue weighted by Gasteiger charge is -2.35. The standard InChI is InChI=1S/C15H22BrN/c1-15(17,12-8-4-2-3-5-9-12)13-10-6-7-11-14(13)16/h6-7,10-12H,2-5,8-9,17H2,1H3. The van der Waals surface area contributed by atoms with E-state index in [2.05, 4.69) is 47.1 Å². The molecule has 1 unspecified atom stereocenters. The monoisotopic (exact) mass is 295 g/mol. The summed E-state index contributed by atoms with van der Waals surface area (Å²) in [5, 5.41) is 0. The maximum Gasteiger partial charge on any atom is 0.0420 e. The first-order chi connectivity index (χ1) is 8.12. The Balaban J connectivity index is 2.25. The van der Waals surface area contributed by atoms with Gasteiger partial charge in [-0.3, -0.25) is 0 Å². The summed E-state index contributed by atoms with van der Waals surface area (Å²) < 4.78 is 1.15. The minimum Gasteiger partial charge on any atom is -0.321 e. The van der Waals surface area contributed by atoms with Crippen molar-refractivity contribution < 1.29 is 0 Å². The van der Waals surface area contributed by atoms with Crippen molar-refractivity contribution in [1.29, 1.82) is 0 Å². The van der Waals surface area contributed by atoms with Crippen molar-refractivity contribution in [2.45, 2.75) is 51.0 Å². The van der Waals surface area contributed by atoms with Crippen LogP contribution < -0.4 is 5.73 Å². The summed E-state index contributed by atoms with van der Waals surface area (Å²) in [5.74, 6) is 0.615. The molecule has 1 fully saturated rings. The van der Waals surface area contributed by atoms with Gasteiger partial charge in [0.05, 0.1) is 0 Å². The first kappa shape index (κ1) is 13.1. The highest BCUT2D eigenvalue weighted by atomic mass is 79.9. The van der Waals surface area contributed by atoms with Gasteiger partial charge >= 0.3 is 0 Å². The molecule has 0 heterocycles. The Morgan fingerprint density at radius 1 is 1.12 bits per heavy atom. The van der Waals surface area contributed by atoms with Crippen LogP contribution >= 0.6 is 15.9 Å². The van der Waals surface area contributed by atoms with E-state index in [0.29, 0.717) is 5.92 Å². The molecule has 2 heteroatoms. The van der Waals surface area contributed by atoms with E-state index < -0.39 is 0 Å². The zero-order chi connectivity index (χ0) is 12.3. The molecule has 2 rings (SSSR count). The third-order valence-electron chi connectivity index (χ3n) is 4.16. The molecule has 0 spiro atoms. The summed E-state index contributed by atoms with van der Waals surface area (Å²) >= 11 is 3.64. The smallest absolute Gasteiger partial charge is 0.0420 e. The van der Waals surface area contributed by atoms with Gasteiger partial charge < -0.3 is 5.73 Å². The first-order valence-corrected chi connectivity index (χ1v) is 7.45. The topological polar surface area (TPSA) is 26.0 Å². The Morgan fingerprint density at radius 3 is 2.29 bits per heavy atom. The molecule has 0 radical (unpaired) electrons. The molecule has 1 atom stereocenters. The Hall–Kier alpha value is -0.340. The molecule has 1 nitrogen and oxygen atoms in total. The van der Waals surface area contributed by atoms with Gasteiger partial charge in [0.2, 0.25) is 0 Å². The van der Waals surface area contributed by atoms with Gasteiger partial charge in [0, 0.05) is 10.0 Å². The van der Waals surface area contributed by atoms with E-state index in [1.807, 2.05) is 0 Å². The van der Waals surface area contributed by atoms with Crippen molar-refractivity contribution in [3.8, 4) is 0 Å². The maximum atomic E-state index is 6.65. The number of hydrogen-bond acceptors (Lipinski definition) is 1. The van der Waals surface area contributed by atoms with E-state index in [1.165, 1.54) is 44.1 Å². The largest absolute Gasteiger partial charge is 0.321 e. The highest BCUT2D eigenvalue weighted by Crippen LogP contribution is 2.38. The van der Waals surface area contributed by atoms with Crippen LogP contribution in [0.4, 0.5) is 0 Å². The van der Waals surface area contributed by atoms with Gasteiger partial charge in [-0.15, -0.1) is 0 Å². The molecule has 1 aromatic rings. The molecule has 0 aliphatic heterocycles. The fourth-order valence-electron chi connectivity index (χ4n) is 3.00. The van der Waals surface area contributed by atoms with E-state index in [-0.39, 0.29) is 5.54 Å². The molecule has 1 aliphatic rings. The number of rotatable bonds is 2. The van der Waals surface area contributed by atoms with Gasteiger partial charge in [-0.2, -0.15) is 0 Å². The lowest BCUT2D eigenvalue weighted by molar-refractivity contribution is 0.268. The highest BCUT2D eigenvalue weighted by Gasteiger charge is 2.33. The molecule has 1 aromatic carbocycles. The number of hydrogen-bond donors (Lipinski definition) is 1. The van der Waals surface area contributed by atoms with Gasteiger partial charge in [-0.25, -0.2) is 0 Å². The van der Waals surface area contributed by atoms with Crippen molar-refractivity contribution in [2.24, 2.45) is 11.7 Å². The summed E-state index contributed by atoms with van der Waals surface area (Å²) in [6, 6.07) is 8.39. The Labute approximate surface area is 113 Å². The summed E-state index contributed by atoms with van der Waals surface area (Å²) in [4.78, 5) is 0. The molecule has 0 bridgehead atoms. The lowest BCUT2D eigenvalue weighted by Crippen LogP contribution is -2.41.